The second-order valence-electron chi connectivity index (χ2n) is 5.40. The minimum absolute atomic E-state index is 0.901. The van der Waals surface area contributed by atoms with Crippen LogP contribution in [0.15, 0.2) is 0 Å². The smallest absolute Gasteiger partial charge is 0.0360 e. The highest BCUT2D eigenvalue weighted by atomic mass is 14.4. The lowest BCUT2D eigenvalue weighted by Crippen LogP contribution is -2.34. The van der Waals surface area contributed by atoms with E-state index in [1.54, 1.807) is 0 Å². The molecule has 0 saturated heterocycles. The zero-order valence-electron chi connectivity index (χ0n) is 9.84. The summed E-state index contributed by atoms with van der Waals surface area (Å²) in [7, 11) is 0. The van der Waals surface area contributed by atoms with Crippen molar-refractivity contribution < 1.29 is 0 Å². The quantitative estimate of drug-likeness (QED) is 0.587. The van der Waals surface area contributed by atoms with E-state index < -0.39 is 0 Å². The van der Waals surface area contributed by atoms with Crippen LogP contribution < -0.4 is 0 Å². The van der Waals surface area contributed by atoms with Crippen LogP contribution in [-0.2, 0) is 0 Å². The largest absolute Gasteiger partial charge is 0.0654 e. The van der Waals surface area contributed by atoms with Crippen LogP contribution in [0.5, 0.6) is 0 Å². The van der Waals surface area contributed by atoms with Crippen molar-refractivity contribution in [3.8, 4) is 0 Å². The summed E-state index contributed by atoms with van der Waals surface area (Å²) in [5.41, 5.74) is 0. The van der Waals surface area contributed by atoms with E-state index in [4.69, 9.17) is 0 Å². The van der Waals surface area contributed by atoms with E-state index >= 15 is 0 Å². The molecule has 0 radical (unpaired) electrons. The van der Waals surface area contributed by atoms with E-state index in [0.29, 0.717) is 0 Å². The van der Waals surface area contributed by atoms with Crippen LogP contribution in [0.2, 0.25) is 0 Å². The van der Waals surface area contributed by atoms with Crippen LogP contribution >= 0.6 is 0 Å². The van der Waals surface area contributed by atoms with Crippen LogP contribution in [0.4, 0.5) is 0 Å². The minimum atomic E-state index is 0.901. The van der Waals surface area contributed by atoms with Gasteiger partial charge >= 0.3 is 0 Å². The molecular weight excluding hydrogens is 156 g/mol. The Hall–Kier alpha value is 0. The molecule has 1 rings (SSSR count). The van der Waals surface area contributed by atoms with Crippen molar-refractivity contribution in [2.24, 2.45) is 23.7 Å². The van der Waals surface area contributed by atoms with Gasteiger partial charge in [-0.05, 0) is 36.5 Å². The Bertz CT molecular complexity index is 137. The summed E-state index contributed by atoms with van der Waals surface area (Å²) in [6.07, 6.45) is 7.30. The average Bonchev–Trinajstić information content (AvgIpc) is 2.07. The fourth-order valence-electron chi connectivity index (χ4n) is 2.83. The molecule has 0 aromatic carbocycles. The fourth-order valence-corrected chi connectivity index (χ4v) is 2.83. The van der Waals surface area contributed by atoms with Crippen molar-refractivity contribution in [1.29, 1.82) is 0 Å². The molecule has 0 aromatic rings. The first-order chi connectivity index (χ1) is 6.15. The lowest BCUT2D eigenvalue weighted by Gasteiger charge is -2.44. The van der Waals surface area contributed by atoms with Crippen molar-refractivity contribution in [2.45, 2.75) is 59.8 Å². The summed E-state index contributed by atoms with van der Waals surface area (Å²) in [4.78, 5) is 0. The minimum Gasteiger partial charge on any atom is -0.0654 e. The van der Waals surface area contributed by atoms with Gasteiger partial charge in [-0.15, -0.1) is 0 Å². The standard InChI is InChI=1S/C13H26/c1-5-6-13-11(4)9-12(13)8-7-10(2)3/h10-13H,5-9H2,1-4H3. The van der Waals surface area contributed by atoms with Crippen LogP contribution in [0.25, 0.3) is 0 Å². The molecule has 3 atom stereocenters. The normalized spacial score (nSPS) is 33.5. The Balaban J connectivity index is 2.20. The molecule has 0 spiro atoms. The SMILES string of the molecule is CCCC1C(C)CC1CCC(C)C. The first kappa shape index (κ1) is 11.1. The van der Waals surface area contributed by atoms with Gasteiger partial charge in [-0.1, -0.05) is 47.0 Å². The molecule has 78 valence electrons. The van der Waals surface area contributed by atoms with Gasteiger partial charge in [0.05, 0.1) is 0 Å². The summed E-state index contributed by atoms with van der Waals surface area (Å²) in [5.74, 6) is 4.08. The third-order valence-electron chi connectivity index (χ3n) is 3.75. The van der Waals surface area contributed by atoms with Crippen molar-refractivity contribution in [1.82, 2.24) is 0 Å². The number of rotatable bonds is 5. The maximum Gasteiger partial charge on any atom is -0.0360 e. The van der Waals surface area contributed by atoms with Gasteiger partial charge in [0.25, 0.3) is 0 Å². The Morgan fingerprint density at radius 3 is 2.38 bits per heavy atom. The highest BCUT2D eigenvalue weighted by molar-refractivity contribution is 4.86. The van der Waals surface area contributed by atoms with E-state index in [1.165, 1.54) is 32.1 Å². The monoisotopic (exact) mass is 182 g/mol. The molecule has 1 saturated carbocycles. The van der Waals surface area contributed by atoms with Crippen LogP contribution in [0, 0.1) is 23.7 Å². The average molecular weight is 182 g/mol. The molecule has 0 aliphatic heterocycles. The van der Waals surface area contributed by atoms with Crippen molar-refractivity contribution in [3.05, 3.63) is 0 Å². The molecule has 1 aliphatic carbocycles. The van der Waals surface area contributed by atoms with Gasteiger partial charge < -0.3 is 0 Å². The molecule has 0 N–H and O–H groups in total. The van der Waals surface area contributed by atoms with Gasteiger partial charge in [-0.25, -0.2) is 0 Å². The third kappa shape index (κ3) is 3.00. The van der Waals surface area contributed by atoms with Crippen molar-refractivity contribution in [3.63, 3.8) is 0 Å². The molecule has 0 amide bonds. The second kappa shape index (κ2) is 5.02. The predicted molar refractivity (Wildman–Crippen MR) is 59.7 cm³/mol. The Morgan fingerprint density at radius 1 is 1.23 bits per heavy atom. The summed E-state index contributed by atoms with van der Waals surface area (Å²) in [6.45, 7) is 9.45. The van der Waals surface area contributed by atoms with Crippen molar-refractivity contribution >= 4 is 0 Å². The van der Waals surface area contributed by atoms with Crippen molar-refractivity contribution in [2.75, 3.05) is 0 Å². The van der Waals surface area contributed by atoms with E-state index in [-0.39, 0.29) is 0 Å². The molecule has 1 fully saturated rings. The molecule has 3 unspecified atom stereocenters. The highest BCUT2D eigenvalue weighted by Gasteiger charge is 2.36. The van der Waals surface area contributed by atoms with Gasteiger partial charge in [0.15, 0.2) is 0 Å². The van der Waals surface area contributed by atoms with E-state index in [9.17, 15) is 0 Å². The highest BCUT2D eigenvalue weighted by Crippen LogP contribution is 2.45. The van der Waals surface area contributed by atoms with Gasteiger partial charge in [-0.2, -0.15) is 0 Å². The Morgan fingerprint density at radius 2 is 1.92 bits per heavy atom. The summed E-state index contributed by atoms with van der Waals surface area (Å²) >= 11 is 0. The lowest BCUT2D eigenvalue weighted by atomic mass is 9.62. The van der Waals surface area contributed by atoms with Gasteiger partial charge in [-0.3, -0.25) is 0 Å². The number of hydrogen-bond donors (Lipinski definition) is 0. The van der Waals surface area contributed by atoms with Gasteiger partial charge in [0.1, 0.15) is 0 Å². The first-order valence-corrected chi connectivity index (χ1v) is 6.15. The Labute approximate surface area is 84.1 Å². The third-order valence-corrected chi connectivity index (χ3v) is 3.75. The molecular formula is C13H26. The summed E-state index contributed by atoms with van der Waals surface area (Å²) in [5, 5.41) is 0. The molecule has 0 heteroatoms. The summed E-state index contributed by atoms with van der Waals surface area (Å²) in [6, 6.07) is 0. The summed E-state index contributed by atoms with van der Waals surface area (Å²) < 4.78 is 0. The van der Waals surface area contributed by atoms with Gasteiger partial charge in [0.2, 0.25) is 0 Å². The van der Waals surface area contributed by atoms with Gasteiger partial charge in [0, 0.05) is 0 Å². The maximum atomic E-state index is 2.44. The molecule has 0 bridgehead atoms. The van der Waals surface area contributed by atoms with Crippen LogP contribution in [0.1, 0.15) is 59.8 Å². The molecule has 0 heterocycles. The molecule has 0 nitrogen and oxygen atoms in total. The van der Waals surface area contributed by atoms with Crippen LogP contribution in [0.3, 0.4) is 0 Å². The van der Waals surface area contributed by atoms with E-state index in [0.717, 1.165) is 23.7 Å². The topological polar surface area (TPSA) is 0 Å². The van der Waals surface area contributed by atoms with Crippen LogP contribution in [-0.4, -0.2) is 0 Å². The molecule has 13 heavy (non-hydrogen) atoms. The first-order valence-electron chi connectivity index (χ1n) is 6.15. The molecule has 1 aliphatic rings. The van der Waals surface area contributed by atoms with E-state index in [2.05, 4.69) is 27.7 Å². The Kier molecular flexibility index (Phi) is 4.28. The number of hydrogen-bond acceptors (Lipinski definition) is 0. The predicted octanol–water partition coefficient (Wildman–Crippen LogP) is 4.49. The van der Waals surface area contributed by atoms with E-state index in [1.807, 2.05) is 0 Å². The second-order valence-corrected chi connectivity index (χ2v) is 5.40. The lowest BCUT2D eigenvalue weighted by molar-refractivity contribution is 0.0647. The molecule has 0 aromatic heterocycles. The maximum absolute atomic E-state index is 2.44. The zero-order valence-corrected chi connectivity index (χ0v) is 9.84. The fraction of sp³-hybridized carbons (Fsp3) is 1.00. The zero-order chi connectivity index (χ0) is 9.84.